The number of para-hydroxylation sites is 1. The Labute approximate surface area is 166 Å². The molecule has 6 nitrogen and oxygen atoms in total. The first-order valence-electron chi connectivity index (χ1n) is 9.01. The Bertz CT molecular complexity index is 1100. The number of rotatable bonds is 6. The van der Waals surface area contributed by atoms with Crippen molar-refractivity contribution in [2.45, 2.75) is 13.5 Å². The second kappa shape index (κ2) is 7.82. The summed E-state index contributed by atoms with van der Waals surface area (Å²) in [5, 5.41) is 8.13. The van der Waals surface area contributed by atoms with Crippen LogP contribution >= 0.6 is 11.5 Å². The lowest BCUT2D eigenvalue weighted by molar-refractivity contribution is 0.0785. The highest BCUT2D eigenvalue weighted by atomic mass is 32.1. The van der Waals surface area contributed by atoms with Crippen molar-refractivity contribution >= 4 is 28.3 Å². The molecule has 0 saturated heterocycles. The van der Waals surface area contributed by atoms with E-state index in [1.165, 1.54) is 11.5 Å². The van der Waals surface area contributed by atoms with E-state index < -0.39 is 0 Å². The summed E-state index contributed by atoms with van der Waals surface area (Å²) < 4.78 is 9.95. The second-order valence-electron chi connectivity index (χ2n) is 6.43. The molecular formula is C21H20N4O2S. The fourth-order valence-electron chi connectivity index (χ4n) is 3.20. The average Bonchev–Trinajstić information content (AvgIpc) is 3.40. The second-order valence-corrected chi connectivity index (χ2v) is 7.27. The number of benzene rings is 2. The number of carbonyl (C=O) groups is 1. The van der Waals surface area contributed by atoms with Crippen LogP contribution in [-0.2, 0) is 6.54 Å². The van der Waals surface area contributed by atoms with E-state index in [0.717, 1.165) is 26.9 Å². The highest BCUT2D eigenvalue weighted by molar-refractivity contribution is 7.09. The van der Waals surface area contributed by atoms with Crippen LogP contribution in [0.5, 0.6) is 5.75 Å². The molecule has 0 fully saturated rings. The first-order chi connectivity index (χ1) is 13.7. The molecule has 0 unspecified atom stereocenters. The lowest BCUT2D eigenvalue weighted by Gasteiger charge is -2.19. The molecule has 0 saturated carbocycles. The molecule has 0 aliphatic carbocycles. The number of nitrogens with one attached hydrogen (secondary N) is 1. The van der Waals surface area contributed by atoms with Gasteiger partial charge in [0.25, 0.3) is 5.91 Å². The Balaban J connectivity index is 1.60. The largest absolute Gasteiger partial charge is 0.493 e. The molecule has 0 spiro atoms. The summed E-state index contributed by atoms with van der Waals surface area (Å²) in [5.74, 6) is 0.634. The zero-order valence-electron chi connectivity index (χ0n) is 15.7. The molecule has 2 aromatic heterocycles. The zero-order valence-corrected chi connectivity index (χ0v) is 16.5. The molecule has 4 rings (SSSR count). The molecule has 0 aliphatic heterocycles. The number of amides is 1. The number of fused-ring (bicyclic) bond motifs is 1. The van der Waals surface area contributed by atoms with Gasteiger partial charge in [-0.05, 0) is 48.3 Å². The smallest absolute Gasteiger partial charge is 0.254 e. The van der Waals surface area contributed by atoms with Crippen molar-refractivity contribution < 1.29 is 9.53 Å². The molecule has 1 N–H and O–H groups in total. The third kappa shape index (κ3) is 3.48. The summed E-state index contributed by atoms with van der Waals surface area (Å²) in [7, 11) is 1.80. The molecule has 142 valence electrons. The summed E-state index contributed by atoms with van der Waals surface area (Å²) in [4.78, 5) is 15.7. The van der Waals surface area contributed by atoms with Crippen LogP contribution in [-0.4, -0.2) is 39.0 Å². The van der Waals surface area contributed by atoms with Crippen molar-refractivity contribution in [2.75, 3.05) is 13.7 Å². The van der Waals surface area contributed by atoms with E-state index in [-0.39, 0.29) is 5.91 Å². The number of aromatic amines is 1. The van der Waals surface area contributed by atoms with Crippen LogP contribution in [0.2, 0.25) is 0 Å². The normalized spacial score (nSPS) is 10.9. The van der Waals surface area contributed by atoms with Gasteiger partial charge in [-0.2, -0.15) is 5.10 Å². The van der Waals surface area contributed by atoms with Crippen molar-refractivity contribution in [2.24, 2.45) is 0 Å². The fraction of sp³-hybridized carbons (Fsp3) is 0.190. The molecule has 0 bridgehead atoms. The van der Waals surface area contributed by atoms with Gasteiger partial charge in [-0.1, -0.05) is 18.2 Å². The van der Waals surface area contributed by atoms with Crippen molar-refractivity contribution in [1.82, 2.24) is 19.5 Å². The van der Waals surface area contributed by atoms with E-state index >= 15 is 0 Å². The summed E-state index contributed by atoms with van der Waals surface area (Å²) in [6.07, 6.45) is 3.55. The molecule has 7 heteroatoms. The van der Waals surface area contributed by atoms with Crippen molar-refractivity contribution in [3.05, 3.63) is 66.0 Å². The zero-order chi connectivity index (χ0) is 19.5. The van der Waals surface area contributed by atoms with Crippen molar-refractivity contribution in [3.63, 3.8) is 0 Å². The standard InChI is InChI=1S/C21H20N4O2S/c1-3-27-18-11-14(7-8-17(18)19-9-10-23-28-19)21(26)25(2)13-16-6-4-5-15-12-22-24-20(15)16/h4-12H,3,13H2,1-2H3,(H,22,24). The topological polar surface area (TPSA) is 71.1 Å². The number of aromatic nitrogens is 3. The lowest BCUT2D eigenvalue weighted by Crippen LogP contribution is -2.26. The van der Waals surface area contributed by atoms with Gasteiger partial charge in [0.1, 0.15) is 5.75 Å². The molecule has 2 aromatic carbocycles. The minimum Gasteiger partial charge on any atom is -0.493 e. The SMILES string of the molecule is CCOc1cc(C(=O)N(C)Cc2cccc3cn[nH]c23)ccc1-c1ccns1. The Hall–Kier alpha value is -3.19. The van der Waals surface area contributed by atoms with Crippen LogP contribution in [0.1, 0.15) is 22.8 Å². The molecule has 4 aromatic rings. The maximum Gasteiger partial charge on any atom is 0.254 e. The first-order valence-corrected chi connectivity index (χ1v) is 9.79. The molecule has 1 amide bonds. The maximum atomic E-state index is 13.0. The lowest BCUT2D eigenvalue weighted by atomic mass is 10.1. The minimum atomic E-state index is -0.0617. The molecule has 0 aliphatic rings. The van der Waals surface area contributed by atoms with E-state index in [4.69, 9.17) is 4.74 Å². The van der Waals surface area contributed by atoms with Crippen LogP contribution in [0.4, 0.5) is 0 Å². The van der Waals surface area contributed by atoms with Crippen LogP contribution < -0.4 is 4.74 Å². The maximum absolute atomic E-state index is 13.0. The monoisotopic (exact) mass is 392 g/mol. The molecule has 28 heavy (non-hydrogen) atoms. The number of H-pyrrole nitrogens is 1. The third-order valence-electron chi connectivity index (χ3n) is 4.55. The molecule has 2 heterocycles. The number of nitrogens with zero attached hydrogens (tertiary/aromatic N) is 3. The highest BCUT2D eigenvalue weighted by Gasteiger charge is 2.17. The van der Waals surface area contributed by atoms with Crippen LogP contribution in [0.15, 0.2) is 54.9 Å². The fourth-order valence-corrected chi connectivity index (χ4v) is 3.82. The van der Waals surface area contributed by atoms with Gasteiger partial charge >= 0.3 is 0 Å². The van der Waals surface area contributed by atoms with E-state index in [1.54, 1.807) is 24.3 Å². The Kier molecular flexibility index (Phi) is 5.08. The van der Waals surface area contributed by atoms with Gasteiger partial charge in [0.15, 0.2) is 0 Å². The average molecular weight is 392 g/mol. The first kappa shape index (κ1) is 18.2. The van der Waals surface area contributed by atoms with Crippen LogP contribution in [0.25, 0.3) is 21.3 Å². The van der Waals surface area contributed by atoms with Crippen LogP contribution in [0, 0.1) is 0 Å². The number of hydrogen-bond acceptors (Lipinski definition) is 5. The predicted molar refractivity (Wildman–Crippen MR) is 111 cm³/mol. The molecular weight excluding hydrogens is 372 g/mol. The highest BCUT2D eigenvalue weighted by Crippen LogP contribution is 2.33. The minimum absolute atomic E-state index is 0.0617. The van der Waals surface area contributed by atoms with Gasteiger partial charge < -0.3 is 9.64 Å². The van der Waals surface area contributed by atoms with Gasteiger partial charge in [-0.25, -0.2) is 4.37 Å². The summed E-state index contributed by atoms with van der Waals surface area (Å²) >= 11 is 1.41. The van der Waals surface area contributed by atoms with E-state index in [1.807, 2.05) is 49.4 Å². The summed E-state index contributed by atoms with van der Waals surface area (Å²) in [5.41, 5.74) is 3.52. The van der Waals surface area contributed by atoms with E-state index in [9.17, 15) is 4.79 Å². The van der Waals surface area contributed by atoms with Crippen molar-refractivity contribution in [3.8, 4) is 16.2 Å². The van der Waals surface area contributed by atoms with Gasteiger partial charge in [-0.15, -0.1) is 0 Å². The number of ether oxygens (including phenoxy) is 1. The van der Waals surface area contributed by atoms with Gasteiger partial charge in [0.05, 0.1) is 23.2 Å². The predicted octanol–water partition coefficient (Wildman–Crippen LogP) is 4.36. The van der Waals surface area contributed by atoms with E-state index in [2.05, 4.69) is 14.6 Å². The quantitative estimate of drug-likeness (QED) is 0.529. The van der Waals surface area contributed by atoms with Gasteiger partial charge in [0.2, 0.25) is 0 Å². The Morgan fingerprint density at radius 2 is 2.14 bits per heavy atom. The van der Waals surface area contributed by atoms with E-state index in [0.29, 0.717) is 24.5 Å². The van der Waals surface area contributed by atoms with Crippen molar-refractivity contribution in [1.29, 1.82) is 0 Å². The molecule has 0 atom stereocenters. The van der Waals surface area contributed by atoms with Gasteiger partial charge in [0, 0.05) is 36.3 Å². The van der Waals surface area contributed by atoms with Gasteiger partial charge in [-0.3, -0.25) is 9.89 Å². The molecule has 0 radical (unpaired) electrons. The Morgan fingerprint density at radius 3 is 2.93 bits per heavy atom. The summed E-state index contributed by atoms with van der Waals surface area (Å²) in [6.45, 7) is 2.95. The summed E-state index contributed by atoms with van der Waals surface area (Å²) in [6, 6.07) is 13.5. The number of carbonyl (C=O) groups excluding carboxylic acids is 1. The van der Waals surface area contributed by atoms with Crippen LogP contribution in [0.3, 0.4) is 0 Å². The third-order valence-corrected chi connectivity index (χ3v) is 5.33. The number of hydrogen-bond donors (Lipinski definition) is 1. The Morgan fingerprint density at radius 1 is 1.25 bits per heavy atom.